The lowest BCUT2D eigenvalue weighted by molar-refractivity contribution is 0.598. The number of nitrogens with two attached hydrogens (primary N) is 2. The molecule has 1 atom stereocenters. The highest BCUT2D eigenvalue weighted by Crippen LogP contribution is 2.26. The molecule has 2 rings (SSSR count). The summed E-state index contributed by atoms with van der Waals surface area (Å²) in [5.74, 6) is 0.794. The molecule has 0 aliphatic carbocycles. The third kappa shape index (κ3) is 3.09. The molecule has 8 heteroatoms. The number of H-pyrrole nitrogens is 1. The number of nitrogen functional groups attached to an aromatic ring is 1. The minimum atomic E-state index is -3.75. The summed E-state index contributed by atoms with van der Waals surface area (Å²) >= 11 is 0. The predicted octanol–water partition coefficient (Wildman–Crippen LogP) is 1.20. The van der Waals surface area contributed by atoms with Gasteiger partial charge in [-0.2, -0.15) is 0 Å². The fourth-order valence-electron chi connectivity index (χ4n) is 1.87. The van der Waals surface area contributed by atoms with Crippen LogP contribution in [0.25, 0.3) is 0 Å². The van der Waals surface area contributed by atoms with Crippen LogP contribution in [0, 0.1) is 0 Å². The lowest BCUT2D eigenvalue weighted by Gasteiger charge is -2.18. The molecule has 0 aliphatic rings. The van der Waals surface area contributed by atoms with Crippen molar-refractivity contribution in [1.29, 1.82) is 0 Å². The van der Waals surface area contributed by atoms with Gasteiger partial charge in [-0.3, -0.25) is 0 Å². The van der Waals surface area contributed by atoms with E-state index in [4.69, 9.17) is 10.9 Å². The van der Waals surface area contributed by atoms with Gasteiger partial charge in [0.2, 0.25) is 10.0 Å². The zero-order valence-electron chi connectivity index (χ0n) is 11.0. The Balaban J connectivity index is 2.26. The first kappa shape index (κ1) is 14.4. The molecule has 0 spiro atoms. The Hall–Kier alpha value is -2.06. The SMILES string of the molecule is CCC(Nc1ccc(S(N)(=O)=O)cc1N)c1ncc[nH]1. The molecule has 6 N–H and O–H groups in total. The first-order valence-electron chi connectivity index (χ1n) is 6.10. The fraction of sp³-hybridized carbons (Fsp3) is 0.250. The van der Waals surface area contributed by atoms with E-state index in [0.717, 1.165) is 12.2 Å². The van der Waals surface area contributed by atoms with E-state index in [9.17, 15) is 8.42 Å². The van der Waals surface area contributed by atoms with Crippen molar-refractivity contribution in [3.63, 3.8) is 0 Å². The lowest BCUT2D eigenvalue weighted by atomic mass is 10.2. The average Bonchev–Trinajstić information content (AvgIpc) is 2.90. The Morgan fingerprint density at radius 3 is 2.70 bits per heavy atom. The largest absolute Gasteiger partial charge is 0.397 e. The summed E-state index contributed by atoms with van der Waals surface area (Å²) in [5.41, 5.74) is 6.82. The van der Waals surface area contributed by atoms with E-state index < -0.39 is 10.0 Å². The zero-order chi connectivity index (χ0) is 14.8. The van der Waals surface area contributed by atoms with Gasteiger partial charge in [-0.15, -0.1) is 0 Å². The third-order valence-electron chi connectivity index (χ3n) is 2.94. The molecule has 1 unspecified atom stereocenters. The molecule has 0 fully saturated rings. The highest BCUT2D eigenvalue weighted by atomic mass is 32.2. The van der Waals surface area contributed by atoms with Crippen LogP contribution in [0.4, 0.5) is 11.4 Å². The van der Waals surface area contributed by atoms with E-state index in [1.54, 1.807) is 18.5 Å². The molecule has 0 radical (unpaired) electrons. The van der Waals surface area contributed by atoms with Crippen molar-refractivity contribution in [3.05, 3.63) is 36.4 Å². The number of imidazole rings is 1. The van der Waals surface area contributed by atoms with Crippen molar-refractivity contribution in [2.24, 2.45) is 5.14 Å². The summed E-state index contributed by atoms with van der Waals surface area (Å²) in [6.07, 6.45) is 4.21. The van der Waals surface area contributed by atoms with E-state index in [2.05, 4.69) is 15.3 Å². The Kier molecular flexibility index (Phi) is 3.96. The monoisotopic (exact) mass is 295 g/mol. The summed E-state index contributed by atoms with van der Waals surface area (Å²) in [4.78, 5) is 7.22. The van der Waals surface area contributed by atoms with Gasteiger partial charge in [-0.1, -0.05) is 6.92 Å². The molecular weight excluding hydrogens is 278 g/mol. The van der Waals surface area contributed by atoms with E-state index in [1.807, 2.05) is 6.92 Å². The number of hydrogen-bond donors (Lipinski definition) is 4. The van der Waals surface area contributed by atoms with Gasteiger partial charge in [-0.25, -0.2) is 18.5 Å². The van der Waals surface area contributed by atoms with Gasteiger partial charge in [0.05, 0.1) is 22.3 Å². The molecule has 0 bridgehead atoms. The van der Waals surface area contributed by atoms with Gasteiger partial charge < -0.3 is 16.0 Å². The van der Waals surface area contributed by atoms with Gasteiger partial charge >= 0.3 is 0 Å². The Morgan fingerprint density at radius 2 is 2.20 bits per heavy atom. The van der Waals surface area contributed by atoms with Crippen molar-refractivity contribution in [1.82, 2.24) is 9.97 Å². The second-order valence-corrected chi connectivity index (χ2v) is 5.94. The zero-order valence-corrected chi connectivity index (χ0v) is 11.8. The maximum atomic E-state index is 11.2. The highest BCUT2D eigenvalue weighted by molar-refractivity contribution is 7.89. The minimum Gasteiger partial charge on any atom is -0.397 e. The lowest BCUT2D eigenvalue weighted by Crippen LogP contribution is -2.15. The standard InChI is InChI=1S/C12H17N5O2S/c1-2-10(12-15-5-6-16-12)17-11-4-3-8(7-9(11)13)20(14,18)19/h3-7,10,17H,2,13H2,1H3,(H,15,16)(H2,14,18,19). The van der Waals surface area contributed by atoms with E-state index in [1.165, 1.54) is 12.1 Å². The smallest absolute Gasteiger partial charge is 0.238 e. The summed E-state index contributed by atoms with van der Waals surface area (Å²) < 4.78 is 22.5. The van der Waals surface area contributed by atoms with Crippen LogP contribution < -0.4 is 16.2 Å². The molecule has 7 nitrogen and oxygen atoms in total. The van der Waals surface area contributed by atoms with Gasteiger partial charge in [-0.05, 0) is 24.6 Å². The van der Waals surface area contributed by atoms with Gasteiger partial charge in [0.25, 0.3) is 0 Å². The number of aromatic nitrogens is 2. The molecule has 0 saturated carbocycles. The Labute approximate surface area is 117 Å². The first-order valence-corrected chi connectivity index (χ1v) is 7.64. The number of nitrogens with one attached hydrogen (secondary N) is 2. The number of hydrogen-bond acceptors (Lipinski definition) is 5. The number of aromatic amines is 1. The molecule has 2 aromatic rings. The van der Waals surface area contributed by atoms with Crippen molar-refractivity contribution in [2.45, 2.75) is 24.3 Å². The number of sulfonamides is 1. The molecule has 0 aliphatic heterocycles. The maximum absolute atomic E-state index is 11.2. The van der Waals surface area contributed by atoms with Crippen LogP contribution in [0.1, 0.15) is 25.2 Å². The van der Waals surface area contributed by atoms with Gasteiger partial charge in [0, 0.05) is 12.4 Å². The number of anilines is 2. The third-order valence-corrected chi connectivity index (χ3v) is 3.85. The summed E-state index contributed by atoms with van der Waals surface area (Å²) in [5, 5.41) is 8.29. The van der Waals surface area contributed by atoms with Crippen LogP contribution in [0.3, 0.4) is 0 Å². The van der Waals surface area contributed by atoms with E-state index >= 15 is 0 Å². The number of nitrogens with zero attached hydrogens (tertiary/aromatic N) is 1. The van der Waals surface area contributed by atoms with Crippen LogP contribution >= 0.6 is 0 Å². The molecule has 1 aromatic heterocycles. The summed E-state index contributed by atoms with van der Waals surface area (Å²) in [7, 11) is -3.75. The van der Waals surface area contributed by atoms with Crippen molar-refractivity contribution in [2.75, 3.05) is 11.1 Å². The van der Waals surface area contributed by atoms with Crippen molar-refractivity contribution in [3.8, 4) is 0 Å². The predicted molar refractivity (Wildman–Crippen MR) is 77.5 cm³/mol. The van der Waals surface area contributed by atoms with E-state index in [-0.39, 0.29) is 10.9 Å². The number of benzene rings is 1. The highest BCUT2D eigenvalue weighted by Gasteiger charge is 2.14. The van der Waals surface area contributed by atoms with Crippen LogP contribution in [0.5, 0.6) is 0 Å². The number of rotatable bonds is 5. The van der Waals surface area contributed by atoms with Crippen molar-refractivity contribution >= 4 is 21.4 Å². The topological polar surface area (TPSA) is 127 Å². The maximum Gasteiger partial charge on any atom is 0.238 e. The normalized spacial score (nSPS) is 13.1. The first-order chi connectivity index (χ1) is 9.41. The van der Waals surface area contributed by atoms with Crippen LogP contribution in [0.15, 0.2) is 35.5 Å². The van der Waals surface area contributed by atoms with Crippen LogP contribution in [-0.4, -0.2) is 18.4 Å². The summed E-state index contributed by atoms with van der Waals surface area (Å²) in [6.45, 7) is 2.01. The molecule has 0 saturated heterocycles. The quantitative estimate of drug-likeness (QED) is 0.616. The van der Waals surface area contributed by atoms with Gasteiger partial charge in [0.15, 0.2) is 0 Å². The Bertz CT molecular complexity index is 682. The molecule has 1 heterocycles. The average molecular weight is 295 g/mol. The van der Waals surface area contributed by atoms with Gasteiger partial charge in [0.1, 0.15) is 5.82 Å². The molecule has 1 aromatic carbocycles. The van der Waals surface area contributed by atoms with Crippen LogP contribution in [-0.2, 0) is 10.0 Å². The fourth-order valence-corrected chi connectivity index (χ4v) is 2.42. The van der Waals surface area contributed by atoms with Crippen LogP contribution in [0.2, 0.25) is 0 Å². The van der Waals surface area contributed by atoms with E-state index in [0.29, 0.717) is 11.4 Å². The molecule has 108 valence electrons. The second kappa shape index (κ2) is 5.51. The second-order valence-electron chi connectivity index (χ2n) is 4.37. The summed E-state index contributed by atoms with van der Waals surface area (Å²) in [6, 6.07) is 4.32. The van der Waals surface area contributed by atoms with Crippen molar-refractivity contribution < 1.29 is 8.42 Å². The molecular formula is C12H17N5O2S. The minimum absolute atomic E-state index is 0.00778. The molecule has 20 heavy (non-hydrogen) atoms. The molecule has 0 amide bonds. The number of primary sulfonamides is 1. The Morgan fingerprint density at radius 1 is 1.45 bits per heavy atom.